The highest BCUT2D eigenvalue weighted by molar-refractivity contribution is 4.76. The summed E-state index contributed by atoms with van der Waals surface area (Å²) in [5.41, 5.74) is 0. The van der Waals surface area contributed by atoms with Crippen LogP contribution in [0.5, 0.6) is 0 Å². The van der Waals surface area contributed by atoms with Crippen LogP contribution in [0.4, 0.5) is 0 Å². The molecule has 1 unspecified atom stereocenters. The van der Waals surface area contributed by atoms with Crippen LogP contribution in [-0.4, -0.2) is 32.1 Å². The van der Waals surface area contributed by atoms with Crippen molar-refractivity contribution in [1.29, 1.82) is 0 Å². The number of nitrogens with zero attached hydrogens (tertiary/aromatic N) is 2. The molecule has 4 heteroatoms. The van der Waals surface area contributed by atoms with Crippen LogP contribution >= 0.6 is 0 Å². The Labute approximate surface area is 59.2 Å². The SMILES string of the molecule is C1CC(C2OCCO2)N=N1. The Kier molecular flexibility index (Phi) is 1.65. The minimum absolute atomic E-state index is 0.105. The summed E-state index contributed by atoms with van der Waals surface area (Å²) < 4.78 is 10.5. The lowest BCUT2D eigenvalue weighted by molar-refractivity contribution is -0.0575. The van der Waals surface area contributed by atoms with Crippen molar-refractivity contribution in [2.45, 2.75) is 18.8 Å². The van der Waals surface area contributed by atoms with Gasteiger partial charge in [-0.1, -0.05) is 0 Å². The molecule has 0 aromatic rings. The zero-order chi connectivity index (χ0) is 6.81. The maximum Gasteiger partial charge on any atom is 0.181 e. The summed E-state index contributed by atoms with van der Waals surface area (Å²) in [6.07, 6.45) is 0.872. The van der Waals surface area contributed by atoms with Crippen molar-refractivity contribution < 1.29 is 9.47 Å². The monoisotopic (exact) mass is 142 g/mol. The summed E-state index contributed by atoms with van der Waals surface area (Å²) in [6.45, 7) is 2.24. The maximum atomic E-state index is 5.26. The fourth-order valence-corrected chi connectivity index (χ4v) is 1.20. The van der Waals surface area contributed by atoms with Crippen LogP contribution in [0.3, 0.4) is 0 Å². The van der Waals surface area contributed by atoms with E-state index in [-0.39, 0.29) is 12.3 Å². The molecule has 0 aromatic heterocycles. The first-order valence-corrected chi connectivity index (χ1v) is 3.56. The lowest BCUT2D eigenvalue weighted by atomic mass is 10.2. The van der Waals surface area contributed by atoms with Crippen LogP contribution in [0.15, 0.2) is 10.2 Å². The topological polar surface area (TPSA) is 43.2 Å². The summed E-state index contributed by atoms with van der Waals surface area (Å²) in [7, 11) is 0. The van der Waals surface area contributed by atoms with Gasteiger partial charge in [-0.05, 0) is 6.42 Å². The highest BCUT2D eigenvalue weighted by atomic mass is 16.7. The second-order valence-electron chi connectivity index (χ2n) is 2.45. The third-order valence-corrected chi connectivity index (χ3v) is 1.72. The van der Waals surface area contributed by atoms with Gasteiger partial charge in [0.2, 0.25) is 0 Å². The molecule has 4 nitrogen and oxygen atoms in total. The van der Waals surface area contributed by atoms with Gasteiger partial charge < -0.3 is 9.47 Å². The Hall–Kier alpha value is -0.480. The van der Waals surface area contributed by atoms with Crippen LogP contribution in [-0.2, 0) is 9.47 Å². The second kappa shape index (κ2) is 2.64. The molecule has 56 valence electrons. The quantitative estimate of drug-likeness (QED) is 0.537. The summed E-state index contributed by atoms with van der Waals surface area (Å²) in [5.74, 6) is 0. The lowest BCUT2D eigenvalue weighted by Crippen LogP contribution is -2.23. The molecule has 0 aliphatic carbocycles. The van der Waals surface area contributed by atoms with E-state index in [0.29, 0.717) is 13.2 Å². The molecule has 0 bridgehead atoms. The first kappa shape index (κ1) is 6.24. The predicted molar refractivity (Wildman–Crippen MR) is 33.8 cm³/mol. The van der Waals surface area contributed by atoms with Crippen LogP contribution in [0.1, 0.15) is 6.42 Å². The molecule has 2 heterocycles. The fraction of sp³-hybridized carbons (Fsp3) is 1.00. The third kappa shape index (κ3) is 1.04. The molecule has 0 aromatic carbocycles. The average molecular weight is 142 g/mol. The third-order valence-electron chi connectivity index (χ3n) is 1.72. The first-order valence-electron chi connectivity index (χ1n) is 3.56. The minimum Gasteiger partial charge on any atom is -0.348 e. The van der Waals surface area contributed by atoms with Gasteiger partial charge in [-0.3, -0.25) is 0 Å². The van der Waals surface area contributed by atoms with Crippen molar-refractivity contribution in [3.63, 3.8) is 0 Å². The van der Waals surface area contributed by atoms with E-state index in [9.17, 15) is 0 Å². The van der Waals surface area contributed by atoms with Gasteiger partial charge in [-0.25, -0.2) is 0 Å². The molecule has 2 aliphatic rings. The number of rotatable bonds is 1. The summed E-state index contributed by atoms with van der Waals surface area (Å²) in [4.78, 5) is 0. The Balaban J connectivity index is 1.91. The Morgan fingerprint density at radius 3 is 2.60 bits per heavy atom. The van der Waals surface area contributed by atoms with Crippen molar-refractivity contribution in [2.75, 3.05) is 19.8 Å². The van der Waals surface area contributed by atoms with Gasteiger partial charge in [0.1, 0.15) is 6.04 Å². The van der Waals surface area contributed by atoms with Crippen LogP contribution < -0.4 is 0 Å². The molecule has 1 saturated heterocycles. The zero-order valence-electron chi connectivity index (χ0n) is 5.69. The van der Waals surface area contributed by atoms with E-state index in [1.54, 1.807) is 0 Å². The van der Waals surface area contributed by atoms with Crippen molar-refractivity contribution in [2.24, 2.45) is 10.2 Å². The van der Waals surface area contributed by atoms with Gasteiger partial charge in [0, 0.05) is 0 Å². The Morgan fingerprint density at radius 2 is 2.00 bits per heavy atom. The highest BCUT2D eigenvalue weighted by Crippen LogP contribution is 2.18. The number of hydrogen-bond acceptors (Lipinski definition) is 4. The molecule has 2 rings (SSSR count). The Bertz CT molecular complexity index is 143. The minimum atomic E-state index is -0.105. The Morgan fingerprint density at radius 1 is 1.20 bits per heavy atom. The van der Waals surface area contributed by atoms with E-state index in [1.165, 1.54) is 0 Å². The molecule has 0 saturated carbocycles. The van der Waals surface area contributed by atoms with E-state index in [1.807, 2.05) is 0 Å². The van der Waals surface area contributed by atoms with Gasteiger partial charge in [0.25, 0.3) is 0 Å². The molecule has 0 N–H and O–H groups in total. The maximum absolute atomic E-state index is 5.26. The molecular weight excluding hydrogens is 132 g/mol. The van der Waals surface area contributed by atoms with Gasteiger partial charge in [0.15, 0.2) is 6.29 Å². The van der Waals surface area contributed by atoms with Crippen LogP contribution in [0.25, 0.3) is 0 Å². The van der Waals surface area contributed by atoms with Gasteiger partial charge in [0.05, 0.1) is 19.8 Å². The number of hydrogen-bond donors (Lipinski definition) is 0. The first-order chi connectivity index (χ1) is 4.97. The number of azo groups is 1. The zero-order valence-corrected chi connectivity index (χ0v) is 5.69. The molecule has 0 spiro atoms. The normalized spacial score (nSPS) is 33.8. The van der Waals surface area contributed by atoms with E-state index in [0.717, 1.165) is 13.0 Å². The standard InChI is InChI=1S/C6H10N2O2/c1-2-7-8-5(1)6-9-3-4-10-6/h5-6H,1-4H2. The molecule has 1 fully saturated rings. The van der Waals surface area contributed by atoms with Crippen molar-refractivity contribution in [3.05, 3.63) is 0 Å². The summed E-state index contributed by atoms with van der Waals surface area (Å²) in [6, 6.07) is 0.169. The molecule has 0 radical (unpaired) electrons. The summed E-state index contributed by atoms with van der Waals surface area (Å²) >= 11 is 0. The van der Waals surface area contributed by atoms with Crippen molar-refractivity contribution in [3.8, 4) is 0 Å². The molecule has 1 atom stereocenters. The van der Waals surface area contributed by atoms with Gasteiger partial charge in [-0.15, -0.1) is 0 Å². The van der Waals surface area contributed by atoms with Crippen LogP contribution in [0.2, 0.25) is 0 Å². The molecular formula is C6H10N2O2. The van der Waals surface area contributed by atoms with Crippen molar-refractivity contribution in [1.82, 2.24) is 0 Å². The smallest absolute Gasteiger partial charge is 0.181 e. The second-order valence-corrected chi connectivity index (χ2v) is 2.45. The average Bonchev–Trinajstić information content (AvgIpc) is 2.59. The highest BCUT2D eigenvalue weighted by Gasteiger charge is 2.28. The largest absolute Gasteiger partial charge is 0.348 e. The molecule has 2 aliphatic heterocycles. The molecule has 0 amide bonds. The predicted octanol–water partition coefficient (Wildman–Crippen LogP) is 0.584. The summed E-state index contributed by atoms with van der Waals surface area (Å²) in [5, 5.41) is 7.87. The van der Waals surface area contributed by atoms with Crippen LogP contribution in [0, 0.1) is 0 Å². The lowest BCUT2D eigenvalue weighted by Gasteiger charge is -2.11. The van der Waals surface area contributed by atoms with E-state index in [4.69, 9.17) is 9.47 Å². The van der Waals surface area contributed by atoms with E-state index < -0.39 is 0 Å². The van der Waals surface area contributed by atoms with E-state index >= 15 is 0 Å². The van der Waals surface area contributed by atoms with Gasteiger partial charge >= 0.3 is 0 Å². The van der Waals surface area contributed by atoms with Crippen molar-refractivity contribution >= 4 is 0 Å². The van der Waals surface area contributed by atoms with E-state index in [2.05, 4.69) is 10.2 Å². The number of ether oxygens (including phenoxy) is 2. The fourth-order valence-electron chi connectivity index (χ4n) is 1.20. The molecule has 10 heavy (non-hydrogen) atoms. The van der Waals surface area contributed by atoms with Gasteiger partial charge in [-0.2, -0.15) is 10.2 Å².